The summed E-state index contributed by atoms with van der Waals surface area (Å²) in [5, 5.41) is 3.32. The number of hydrogen-bond donors (Lipinski definition) is 1. The number of carbonyl (C=O) groups is 1. The van der Waals surface area contributed by atoms with Crippen LogP contribution in [-0.2, 0) is 16.6 Å². The zero-order valence-electron chi connectivity index (χ0n) is 8.92. The fourth-order valence-electron chi connectivity index (χ4n) is 2.99. The van der Waals surface area contributed by atoms with Crippen molar-refractivity contribution in [1.29, 1.82) is 0 Å². The molecule has 2 nitrogen and oxygen atoms in total. The second-order valence-corrected chi connectivity index (χ2v) is 4.81. The van der Waals surface area contributed by atoms with Gasteiger partial charge in [-0.25, -0.2) is 0 Å². The van der Waals surface area contributed by atoms with Gasteiger partial charge in [0.2, 0.25) is 0 Å². The Morgan fingerprint density at radius 1 is 1.40 bits per heavy atom. The molecule has 2 aliphatic rings. The lowest BCUT2D eigenvalue weighted by molar-refractivity contribution is -0.128. The molecule has 0 amide bonds. The van der Waals surface area contributed by atoms with E-state index in [2.05, 4.69) is 30.4 Å². The molecule has 0 saturated carbocycles. The number of Topliss-reactive ketones (excluding diaryl/α,β-unsaturated/α-hetero) is 1. The van der Waals surface area contributed by atoms with E-state index >= 15 is 0 Å². The highest BCUT2D eigenvalue weighted by molar-refractivity contribution is 5.97. The summed E-state index contributed by atoms with van der Waals surface area (Å²) in [5.41, 5.74) is 2.37. The highest BCUT2D eigenvalue weighted by Crippen LogP contribution is 2.39. The normalized spacial score (nSPS) is 33.7. The van der Waals surface area contributed by atoms with Crippen LogP contribution in [0.15, 0.2) is 24.3 Å². The molecule has 1 aromatic rings. The molecule has 2 bridgehead atoms. The van der Waals surface area contributed by atoms with Gasteiger partial charge in [-0.2, -0.15) is 0 Å². The van der Waals surface area contributed by atoms with Crippen LogP contribution in [0.5, 0.6) is 0 Å². The molecule has 1 saturated heterocycles. The molecule has 1 aliphatic carbocycles. The largest absolute Gasteiger partial charge is 0.307 e. The van der Waals surface area contributed by atoms with E-state index in [1.54, 1.807) is 0 Å². The lowest BCUT2D eigenvalue weighted by atomic mass is 9.65. The van der Waals surface area contributed by atoms with E-state index in [0.29, 0.717) is 5.78 Å². The first kappa shape index (κ1) is 9.10. The summed E-state index contributed by atoms with van der Waals surface area (Å²) in [7, 11) is 0. The van der Waals surface area contributed by atoms with E-state index in [4.69, 9.17) is 0 Å². The third-order valence-corrected chi connectivity index (χ3v) is 3.91. The smallest absolute Gasteiger partial charge is 0.160 e. The standard InChI is InChI=1S/C13H15NO/c1-13-6-7-14-11(12(13)15)8-9-4-2-3-5-10(9)13/h2-5,11,14H,6-8H2,1H3. The molecular formula is C13H15NO. The van der Waals surface area contributed by atoms with Gasteiger partial charge in [0.15, 0.2) is 5.78 Å². The third kappa shape index (κ3) is 1.11. The molecule has 1 aliphatic heterocycles. The van der Waals surface area contributed by atoms with Crippen LogP contribution in [0.2, 0.25) is 0 Å². The molecule has 1 N–H and O–H groups in total. The molecule has 2 atom stereocenters. The highest BCUT2D eigenvalue weighted by atomic mass is 16.1. The van der Waals surface area contributed by atoms with Gasteiger partial charge < -0.3 is 5.32 Å². The molecule has 1 heterocycles. The Kier molecular flexibility index (Phi) is 1.77. The van der Waals surface area contributed by atoms with E-state index in [0.717, 1.165) is 19.4 Å². The number of benzene rings is 1. The molecule has 1 fully saturated rings. The summed E-state index contributed by atoms with van der Waals surface area (Å²) in [6, 6.07) is 8.43. The van der Waals surface area contributed by atoms with Gasteiger partial charge in [-0.05, 0) is 37.4 Å². The summed E-state index contributed by atoms with van der Waals surface area (Å²) in [6.45, 7) is 3.06. The second-order valence-electron chi connectivity index (χ2n) is 4.81. The van der Waals surface area contributed by atoms with Gasteiger partial charge in [0.25, 0.3) is 0 Å². The van der Waals surface area contributed by atoms with Crippen molar-refractivity contribution in [2.75, 3.05) is 6.54 Å². The minimum Gasteiger partial charge on any atom is -0.307 e. The third-order valence-electron chi connectivity index (χ3n) is 3.91. The van der Waals surface area contributed by atoms with Crippen LogP contribution in [0.4, 0.5) is 0 Å². The first-order chi connectivity index (χ1) is 7.22. The Hall–Kier alpha value is -1.15. The van der Waals surface area contributed by atoms with Crippen LogP contribution < -0.4 is 5.32 Å². The van der Waals surface area contributed by atoms with Crippen LogP contribution in [0.25, 0.3) is 0 Å². The zero-order valence-corrected chi connectivity index (χ0v) is 8.92. The van der Waals surface area contributed by atoms with Crippen molar-refractivity contribution in [3.8, 4) is 0 Å². The average Bonchev–Trinajstić information content (AvgIpc) is 2.23. The molecule has 2 heteroatoms. The maximum Gasteiger partial charge on any atom is 0.160 e. The number of nitrogens with one attached hydrogen (secondary N) is 1. The molecule has 1 aromatic carbocycles. The quantitative estimate of drug-likeness (QED) is 0.688. The van der Waals surface area contributed by atoms with Crippen molar-refractivity contribution in [3.05, 3.63) is 35.4 Å². The van der Waals surface area contributed by atoms with Crippen LogP contribution in [0, 0.1) is 0 Å². The number of rotatable bonds is 0. The number of hydrogen-bond acceptors (Lipinski definition) is 2. The first-order valence-electron chi connectivity index (χ1n) is 5.58. The summed E-state index contributed by atoms with van der Waals surface area (Å²) in [6.07, 6.45) is 1.80. The van der Waals surface area contributed by atoms with E-state index in [1.807, 2.05) is 6.07 Å². The molecule has 2 unspecified atom stereocenters. The summed E-state index contributed by atoms with van der Waals surface area (Å²) in [5.74, 6) is 0.382. The number of carbonyl (C=O) groups excluding carboxylic acids is 1. The maximum atomic E-state index is 12.2. The predicted octanol–water partition coefficient (Wildman–Crippen LogP) is 1.43. The second kappa shape index (κ2) is 2.92. The fraction of sp³-hybridized carbons (Fsp3) is 0.462. The molecule has 0 radical (unpaired) electrons. The fourth-order valence-corrected chi connectivity index (χ4v) is 2.99. The first-order valence-corrected chi connectivity index (χ1v) is 5.58. The minimum absolute atomic E-state index is 0.0543. The van der Waals surface area contributed by atoms with Crippen LogP contribution >= 0.6 is 0 Å². The van der Waals surface area contributed by atoms with Gasteiger partial charge in [-0.15, -0.1) is 0 Å². The van der Waals surface area contributed by atoms with E-state index in [9.17, 15) is 4.79 Å². The topological polar surface area (TPSA) is 29.1 Å². The van der Waals surface area contributed by atoms with Gasteiger partial charge in [0, 0.05) is 0 Å². The van der Waals surface area contributed by atoms with Crippen molar-refractivity contribution in [2.24, 2.45) is 0 Å². The highest BCUT2D eigenvalue weighted by Gasteiger charge is 2.46. The molecule has 0 aromatic heterocycles. The molecular weight excluding hydrogens is 186 g/mol. The number of ketones is 1. The summed E-state index contributed by atoms with van der Waals surface area (Å²) < 4.78 is 0. The number of piperidine rings is 1. The Bertz CT molecular complexity index is 426. The van der Waals surface area contributed by atoms with Gasteiger partial charge in [0.1, 0.15) is 0 Å². The average molecular weight is 201 g/mol. The zero-order chi connectivity index (χ0) is 10.5. The Morgan fingerprint density at radius 3 is 3.07 bits per heavy atom. The van der Waals surface area contributed by atoms with Crippen molar-refractivity contribution in [1.82, 2.24) is 5.32 Å². The van der Waals surface area contributed by atoms with E-state index in [1.165, 1.54) is 11.1 Å². The molecule has 0 spiro atoms. The molecule has 3 rings (SSSR count). The van der Waals surface area contributed by atoms with Crippen LogP contribution in [0.1, 0.15) is 24.5 Å². The van der Waals surface area contributed by atoms with Crippen molar-refractivity contribution in [3.63, 3.8) is 0 Å². The van der Waals surface area contributed by atoms with Crippen LogP contribution in [-0.4, -0.2) is 18.4 Å². The lowest BCUT2D eigenvalue weighted by Gasteiger charge is -2.43. The van der Waals surface area contributed by atoms with E-state index < -0.39 is 0 Å². The van der Waals surface area contributed by atoms with Crippen molar-refractivity contribution < 1.29 is 4.79 Å². The minimum atomic E-state index is -0.231. The van der Waals surface area contributed by atoms with Gasteiger partial charge >= 0.3 is 0 Å². The molecule has 78 valence electrons. The number of fused-ring (bicyclic) bond motifs is 4. The Morgan fingerprint density at radius 2 is 2.20 bits per heavy atom. The van der Waals surface area contributed by atoms with Crippen molar-refractivity contribution >= 4 is 5.78 Å². The van der Waals surface area contributed by atoms with Gasteiger partial charge in [-0.1, -0.05) is 24.3 Å². The monoisotopic (exact) mass is 201 g/mol. The van der Waals surface area contributed by atoms with E-state index in [-0.39, 0.29) is 11.5 Å². The lowest BCUT2D eigenvalue weighted by Crippen LogP contribution is -2.57. The van der Waals surface area contributed by atoms with Crippen LogP contribution in [0.3, 0.4) is 0 Å². The Balaban J connectivity index is 2.21. The summed E-state index contributed by atoms with van der Waals surface area (Å²) >= 11 is 0. The Labute approximate surface area is 89.7 Å². The predicted molar refractivity (Wildman–Crippen MR) is 58.9 cm³/mol. The summed E-state index contributed by atoms with van der Waals surface area (Å²) in [4.78, 5) is 12.2. The SMILES string of the molecule is CC12CCNC(Cc3ccccc31)C2=O. The maximum absolute atomic E-state index is 12.2. The van der Waals surface area contributed by atoms with Gasteiger partial charge in [-0.3, -0.25) is 4.79 Å². The van der Waals surface area contributed by atoms with Gasteiger partial charge in [0.05, 0.1) is 11.5 Å². The van der Waals surface area contributed by atoms with Crippen molar-refractivity contribution in [2.45, 2.75) is 31.2 Å². The molecule has 15 heavy (non-hydrogen) atoms.